The van der Waals surface area contributed by atoms with Gasteiger partial charge in [-0.1, -0.05) is 0 Å². The minimum absolute atomic E-state index is 0.00232. The fourth-order valence-electron chi connectivity index (χ4n) is 1.63. The Balaban J connectivity index is 2.66. The van der Waals surface area contributed by atoms with E-state index in [0.717, 1.165) is 0 Å². The van der Waals surface area contributed by atoms with Gasteiger partial charge in [0.05, 0.1) is 18.4 Å². The van der Waals surface area contributed by atoms with Crippen molar-refractivity contribution in [2.75, 3.05) is 25.6 Å². The number of amides is 1. The number of carboxylic acids is 1. The molecular formula is C14H19NO5. The van der Waals surface area contributed by atoms with Gasteiger partial charge in [0.1, 0.15) is 5.75 Å². The van der Waals surface area contributed by atoms with Crippen molar-refractivity contribution < 1.29 is 24.2 Å². The Morgan fingerprint density at radius 3 is 2.70 bits per heavy atom. The van der Waals surface area contributed by atoms with Crippen LogP contribution in [0.15, 0.2) is 18.2 Å². The second-order valence-corrected chi connectivity index (χ2v) is 4.07. The van der Waals surface area contributed by atoms with E-state index in [0.29, 0.717) is 25.4 Å². The highest BCUT2D eigenvalue weighted by molar-refractivity contribution is 6.00. The number of anilines is 1. The molecule has 0 heterocycles. The van der Waals surface area contributed by atoms with E-state index in [-0.39, 0.29) is 23.6 Å². The van der Waals surface area contributed by atoms with Crippen molar-refractivity contribution in [3.8, 4) is 5.75 Å². The molecule has 20 heavy (non-hydrogen) atoms. The van der Waals surface area contributed by atoms with Crippen LogP contribution in [0.3, 0.4) is 0 Å². The summed E-state index contributed by atoms with van der Waals surface area (Å²) in [5.41, 5.74) is 0.266. The molecule has 0 fully saturated rings. The quantitative estimate of drug-likeness (QED) is 0.713. The van der Waals surface area contributed by atoms with E-state index in [9.17, 15) is 9.59 Å². The molecule has 0 spiro atoms. The molecule has 0 atom stereocenters. The Morgan fingerprint density at radius 1 is 1.35 bits per heavy atom. The Labute approximate surface area is 117 Å². The zero-order valence-electron chi connectivity index (χ0n) is 11.6. The highest BCUT2D eigenvalue weighted by Crippen LogP contribution is 2.22. The van der Waals surface area contributed by atoms with Crippen LogP contribution in [-0.4, -0.2) is 37.3 Å². The average Bonchev–Trinajstić information content (AvgIpc) is 2.43. The molecule has 6 heteroatoms. The summed E-state index contributed by atoms with van der Waals surface area (Å²) in [6.07, 6.45) is 0.878. The summed E-state index contributed by atoms with van der Waals surface area (Å²) < 4.78 is 10.1. The molecule has 0 aliphatic carbocycles. The average molecular weight is 281 g/mol. The van der Waals surface area contributed by atoms with Gasteiger partial charge in [0.2, 0.25) is 5.91 Å². The summed E-state index contributed by atoms with van der Waals surface area (Å²) in [7, 11) is 1.45. The van der Waals surface area contributed by atoms with Crippen LogP contribution in [0.2, 0.25) is 0 Å². The molecule has 1 aromatic rings. The minimum atomic E-state index is -1.12. The van der Waals surface area contributed by atoms with Gasteiger partial charge in [0.15, 0.2) is 0 Å². The summed E-state index contributed by atoms with van der Waals surface area (Å²) in [5, 5.41) is 11.7. The third-order valence-corrected chi connectivity index (χ3v) is 2.63. The van der Waals surface area contributed by atoms with Gasteiger partial charge in [-0.2, -0.15) is 0 Å². The third kappa shape index (κ3) is 4.89. The van der Waals surface area contributed by atoms with Gasteiger partial charge in [-0.25, -0.2) is 4.79 Å². The number of rotatable bonds is 8. The molecule has 6 nitrogen and oxygen atoms in total. The lowest BCUT2D eigenvalue weighted by molar-refractivity contribution is -0.116. The second kappa shape index (κ2) is 8.16. The molecule has 0 aliphatic heterocycles. The van der Waals surface area contributed by atoms with Crippen molar-refractivity contribution in [2.45, 2.75) is 19.8 Å². The smallest absolute Gasteiger partial charge is 0.337 e. The van der Waals surface area contributed by atoms with E-state index in [1.807, 2.05) is 6.92 Å². The molecular weight excluding hydrogens is 262 g/mol. The lowest BCUT2D eigenvalue weighted by atomic mass is 10.1. The fraction of sp³-hybridized carbons (Fsp3) is 0.429. The maximum absolute atomic E-state index is 11.7. The van der Waals surface area contributed by atoms with E-state index in [1.165, 1.54) is 19.2 Å². The zero-order chi connectivity index (χ0) is 15.0. The number of methoxy groups -OCH3 is 1. The summed E-state index contributed by atoms with van der Waals surface area (Å²) in [6, 6.07) is 4.49. The SMILES string of the molecule is CCOCCCC(=O)Nc1ccc(OC)cc1C(=O)O. The number of benzene rings is 1. The highest BCUT2D eigenvalue weighted by atomic mass is 16.5. The number of carbonyl (C=O) groups excluding carboxylic acids is 1. The van der Waals surface area contributed by atoms with Gasteiger partial charge < -0.3 is 19.9 Å². The van der Waals surface area contributed by atoms with Gasteiger partial charge in [0, 0.05) is 19.6 Å². The van der Waals surface area contributed by atoms with Crippen molar-refractivity contribution in [3.63, 3.8) is 0 Å². The van der Waals surface area contributed by atoms with Gasteiger partial charge in [-0.3, -0.25) is 4.79 Å². The lowest BCUT2D eigenvalue weighted by Crippen LogP contribution is -2.15. The van der Waals surface area contributed by atoms with E-state index in [4.69, 9.17) is 14.6 Å². The van der Waals surface area contributed by atoms with E-state index >= 15 is 0 Å². The summed E-state index contributed by atoms with van der Waals surface area (Å²) >= 11 is 0. The molecule has 0 saturated carbocycles. The van der Waals surface area contributed by atoms with Crippen LogP contribution < -0.4 is 10.1 Å². The predicted molar refractivity (Wildman–Crippen MR) is 74.3 cm³/mol. The van der Waals surface area contributed by atoms with Crippen LogP contribution in [0.25, 0.3) is 0 Å². The first kappa shape index (κ1) is 16.0. The zero-order valence-corrected chi connectivity index (χ0v) is 11.6. The first-order valence-corrected chi connectivity index (χ1v) is 6.37. The predicted octanol–water partition coefficient (Wildman–Crippen LogP) is 2.15. The van der Waals surface area contributed by atoms with Gasteiger partial charge in [-0.05, 0) is 31.5 Å². The van der Waals surface area contributed by atoms with Gasteiger partial charge in [-0.15, -0.1) is 0 Å². The number of ether oxygens (including phenoxy) is 2. The van der Waals surface area contributed by atoms with Crippen molar-refractivity contribution in [2.24, 2.45) is 0 Å². The maximum atomic E-state index is 11.7. The number of nitrogens with one attached hydrogen (secondary N) is 1. The van der Waals surface area contributed by atoms with Gasteiger partial charge in [0.25, 0.3) is 0 Å². The lowest BCUT2D eigenvalue weighted by Gasteiger charge is -2.10. The van der Waals surface area contributed by atoms with Crippen LogP contribution in [0, 0.1) is 0 Å². The van der Waals surface area contributed by atoms with Crippen molar-refractivity contribution in [3.05, 3.63) is 23.8 Å². The second-order valence-electron chi connectivity index (χ2n) is 4.07. The van der Waals surface area contributed by atoms with Crippen LogP contribution in [-0.2, 0) is 9.53 Å². The molecule has 2 N–H and O–H groups in total. The number of aromatic carboxylic acids is 1. The molecule has 1 aromatic carbocycles. The normalized spacial score (nSPS) is 10.1. The van der Waals surface area contributed by atoms with Gasteiger partial charge >= 0.3 is 5.97 Å². The number of hydrogen-bond donors (Lipinski definition) is 2. The molecule has 1 amide bonds. The largest absolute Gasteiger partial charge is 0.497 e. The standard InChI is InChI=1S/C14H19NO5/c1-3-20-8-4-5-13(16)15-12-7-6-10(19-2)9-11(12)14(17)18/h6-7,9H,3-5,8H2,1-2H3,(H,15,16)(H,17,18). The molecule has 0 aromatic heterocycles. The number of hydrogen-bond acceptors (Lipinski definition) is 4. The van der Waals surface area contributed by atoms with E-state index in [2.05, 4.69) is 5.32 Å². The van der Waals surface area contributed by atoms with Crippen molar-refractivity contribution >= 4 is 17.6 Å². The molecule has 0 aliphatic rings. The Hall–Kier alpha value is -2.08. The van der Waals surface area contributed by atoms with E-state index in [1.54, 1.807) is 6.07 Å². The molecule has 0 saturated heterocycles. The summed E-state index contributed by atoms with van der Waals surface area (Å²) in [4.78, 5) is 22.9. The van der Waals surface area contributed by atoms with Crippen molar-refractivity contribution in [1.29, 1.82) is 0 Å². The van der Waals surface area contributed by atoms with Crippen LogP contribution >= 0.6 is 0 Å². The van der Waals surface area contributed by atoms with Crippen molar-refractivity contribution in [1.82, 2.24) is 0 Å². The van der Waals surface area contributed by atoms with Crippen LogP contribution in [0.1, 0.15) is 30.1 Å². The monoisotopic (exact) mass is 281 g/mol. The first-order chi connectivity index (χ1) is 9.58. The summed E-state index contributed by atoms with van der Waals surface area (Å²) in [6.45, 7) is 3.01. The Morgan fingerprint density at radius 2 is 2.10 bits per heavy atom. The Kier molecular flexibility index (Phi) is 6.52. The molecule has 0 radical (unpaired) electrons. The summed E-state index contributed by atoms with van der Waals surface area (Å²) in [5.74, 6) is -0.928. The number of carboxylic acid groups (broad SMARTS) is 1. The molecule has 0 unspecified atom stereocenters. The fourth-order valence-corrected chi connectivity index (χ4v) is 1.63. The topological polar surface area (TPSA) is 84.9 Å². The maximum Gasteiger partial charge on any atom is 0.337 e. The molecule has 1 rings (SSSR count). The first-order valence-electron chi connectivity index (χ1n) is 6.37. The number of carbonyl (C=O) groups is 2. The minimum Gasteiger partial charge on any atom is -0.497 e. The van der Waals surface area contributed by atoms with Crippen LogP contribution in [0.4, 0.5) is 5.69 Å². The Bertz CT molecular complexity index is 473. The third-order valence-electron chi connectivity index (χ3n) is 2.63. The molecule has 110 valence electrons. The highest BCUT2D eigenvalue weighted by Gasteiger charge is 2.13. The van der Waals surface area contributed by atoms with E-state index < -0.39 is 5.97 Å². The van der Waals surface area contributed by atoms with Crippen LogP contribution in [0.5, 0.6) is 5.75 Å². The molecule has 0 bridgehead atoms.